The van der Waals surface area contributed by atoms with Gasteiger partial charge in [-0.25, -0.2) is 14.1 Å². The number of nitrogen functional groups attached to an aromatic ring is 1. The number of fused-ring (bicyclic) bond motifs is 7. The number of halogens is 2. The second-order valence-electron chi connectivity index (χ2n) is 7.31. The summed E-state index contributed by atoms with van der Waals surface area (Å²) in [6, 6.07) is 8.10. The topological polar surface area (TPSA) is 96.7 Å². The molecule has 0 radical (unpaired) electrons. The minimum atomic E-state index is -0.514. The van der Waals surface area contributed by atoms with Crippen LogP contribution in [0.15, 0.2) is 36.5 Å². The highest BCUT2D eigenvalue weighted by molar-refractivity contribution is 6.29. The zero-order chi connectivity index (χ0) is 21.7. The average molecular weight is 440 g/mol. The van der Waals surface area contributed by atoms with Gasteiger partial charge in [0.1, 0.15) is 17.6 Å². The lowest BCUT2D eigenvalue weighted by atomic mass is 9.99. The number of hydrogen-bond acceptors (Lipinski definition) is 6. The van der Waals surface area contributed by atoms with Gasteiger partial charge in [0, 0.05) is 35.5 Å². The number of hydrogen-bond donors (Lipinski definition) is 1. The fraction of sp³-hybridized carbons (Fsp3) is 0.238. The molecule has 4 heterocycles. The van der Waals surface area contributed by atoms with Crippen molar-refractivity contribution in [3.05, 3.63) is 58.8 Å². The summed E-state index contributed by atoms with van der Waals surface area (Å²) in [7, 11) is 0. The number of rotatable bonds is 1. The Kier molecular flexibility index (Phi) is 4.62. The summed E-state index contributed by atoms with van der Waals surface area (Å²) in [5.74, 6) is 0.282. The van der Waals surface area contributed by atoms with Crippen molar-refractivity contribution in [2.24, 2.45) is 0 Å². The van der Waals surface area contributed by atoms with Crippen LogP contribution in [-0.4, -0.2) is 29.8 Å². The highest BCUT2D eigenvalue weighted by Crippen LogP contribution is 2.37. The van der Waals surface area contributed by atoms with E-state index in [0.29, 0.717) is 35.2 Å². The highest BCUT2D eigenvalue weighted by atomic mass is 35.5. The molecule has 158 valence electrons. The van der Waals surface area contributed by atoms with Gasteiger partial charge in [0.05, 0.1) is 17.9 Å². The van der Waals surface area contributed by atoms with E-state index in [9.17, 15) is 4.39 Å². The summed E-state index contributed by atoms with van der Waals surface area (Å²) >= 11 is 6.27. The van der Waals surface area contributed by atoms with Crippen LogP contribution < -0.4 is 10.5 Å². The summed E-state index contributed by atoms with van der Waals surface area (Å²) in [4.78, 5) is 4.31. The minimum absolute atomic E-state index is 0.246. The molecule has 0 amide bonds. The predicted molar refractivity (Wildman–Crippen MR) is 114 cm³/mol. The number of anilines is 1. The average Bonchev–Trinajstić information content (AvgIpc) is 3.32. The number of benzene rings is 1. The molecule has 1 aromatic carbocycles. The first-order valence-corrected chi connectivity index (χ1v) is 10.2. The van der Waals surface area contributed by atoms with Crippen LogP contribution in [0.3, 0.4) is 0 Å². The SMILES string of the molecule is CCn1nnc2c1-c1cnc(N)c(c1)OC(C)c1cc(F)ccc1-c1cc(Cl)nn1C2. The maximum Gasteiger partial charge on any atom is 0.166 e. The van der Waals surface area contributed by atoms with E-state index in [1.165, 1.54) is 12.1 Å². The number of ether oxygens (including phenoxy) is 1. The van der Waals surface area contributed by atoms with Crippen molar-refractivity contribution in [3.8, 4) is 28.3 Å². The van der Waals surface area contributed by atoms with E-state index in [0.717, 1.165) is 22.5 Å². The van der Waals surface area contributed by atoms with Gasteiger partial charge >= 0.3 is 0 Å². The van der Waals surface area contributed by atoms with E-state index in [-0.39, 0.29) is 11.6 Å². The maximum absolute atomic E-state index is 14.2. The molecular weight excluding hydrogens is 421 g/mol. The fourth-order valence-electron chi connectivity index (χ4n) is 3.89. The van der Waals surface area contributed by atoms with Crippen molar-refractivity contribution in [1.82, 2.24) is 29.8 Å². The lowest BCUT2D eigenvalue weighted by Gasteiger charge is -2.21. The maximum atomic E-state index is 14.2. The molecule has 1 aliphatic heterocycles. The van der Waals surface area contributed by atoms with Gasteiger partial charge in [0.2, 0.25) is 0 Å². The smallest absolute Gasteiger partial charge is 0.166 e. The molecule has 1 aliphatic rings. The molecule has 1 unspecified atom stereocenters. The fourth-order valence-corrected chi connectivity index (χ4v) is 4.09. The lowest BCUT2D eigenvalue weighted by Crippen LogP contribution is -2.12. The number of nitrogens with zero attached hydrogens (tertiary/aromatic N) is 6. The third-order valence-corrected chi connectivity index (χ3v) is 5.53. The molecule has 31 heavy (non-hydrogen) atoms. The summed E-state index contributed by atoms with van der Waals surface area (Å²) in [5.41, 5.74) is 10.5. The van der Waals surface area contributed by atoms with Gasteiger partial charge in [0.15, 0.2) is 16.7 Å². The molecule has 5 rings (SSSR count). The molecule has 0 saturated heterocycles. The normalized spacial score (nSPS) is 15.2. The molecule has 8 nitrogen and oxygen atoms in total. The first-order valence-electron chi connectivity index (χ1n) is 9.82. The molecule has 0 saturated carbocycles. The Morgan fingerprint density at radius 2 is 2.13 bits per heavy atom. The number of aryl methyl sites for hydroxylation is 1. The first kappa shape index (κ1) is 19.5. The van der Waals surface area contributed by atoms with E-state index < -0.39 is 6.10 Å². The number of aromatic nitrogens is 6. The minimum Gasteiger partial charge on any atom is -0.482 e. The van der Waals surface area contributed by atoms with Crippen LogP contribution in [0.5, 0.6) is 5.75 Å². The zero-order valence-corrected chi connectivity index (χ0v) is 17.6. The molecule has 2 bridgehead atoms. The van der Waals surface area contributed by atoms with E-state index in [4.69, 9.17) is 22.1 Å². The van der Waals surface area contributed by atoms with Crippen molar-refractivity contribution in [1.29, 1.82) is 0 Å². The summed E-state index contributed by atoms with van der Waals surface area (Å²) < 4.78 is 23.9. The van der Waals surface area contributed by atoms with Crippen molar-refractivity contribution < 1.29 is 9.13 Å². The van der Waals surface area contributed by atoms with E-state index in [1.807, 2.05) is 19.9 Å². The number of pyridine rings is 1. The molecule has 3 aromatic heterocycles. The lowest BCUT2D eigenvalue weighted by molar-refractivity contribution is 0.227. The van der Waals surface area contributed by atoms with Gasteiger partial charge in [0.25, 0.3) is 0 Å². The van der Waals surface area contributed by atoms with Crippen LogP contribution in [0.4, 0.5) is 10.2 Å². The van der Waals surface area contributed by atoms with Gasteiger partial charge in [-0.3, -0.25) is 4.68 Å². The Morgan fingerprint density at radius 3 is 2.94 bits per heavy atom. The second kappa shape index (κ2) is 7.35. The molecule has 1 atom stereocenters. The van der Waals surface area contributed by atoms with Crippen LogP contribution in [0, 0.1) is 5.82 Å². The third-order valence-electron chi connectivity index (χ3n) is 5.34. The quantitative estimate of drug-likeness (QED) is 0.479. The monoisotopic (exact) mass is 439 g/mol. The van der Waals surface area contributed by atoms with Gasteiger partial charge in [-0.15, -0.1) is 5.10 Å². The Bertz CT molecular complexity index is 1300. The molecule has 2 N–H and O–H groups in total. The van der Waals surface area contributed by atoms with Crippen LogP contribution >= 0.6 is 11.6 Å². The van der Waals surface area contributed by atoms with Gasteiger partial charge in [-0.05, 0) is 38.1 Å². The van der Waals surface area contributed by atoms with Crippen LogP contribution in [0.25, 0.3) is 22.5 Å². The van der Waals surface area contributed by atoms with Crippen molar-refractivity contribution in [2.75, 3.05) is 5.73 Å². The Labute approximate surface area is 182 Å². The van der Waals surface area contributed by atoms with Crippen molar-refractivity contribution in [2.45, 2.75) is 33.0 Å². The van der Waals surface area contributed by atoms with E-state index in [1.54, 1.807) is 27.7 Å². The Balaban J connectivity index is 1.81. The molecule has 0 spiro atoms. The first-order chi connectivity index (χ1) is 14.9. The Morgan fingerprint density at radius 1 is 1.29 bits per heavy atom. The zero-order valence-electron chi connectivity index (χ0n) is 16.9. The largest absolute Gasteiger partial charge is 0.482 e. The van der Waals surface area contributed by atoms with Crippen LogP contribution in [-0.2, 0) is 13.1 Å². The van der Waals surface area contributed by atoms with Gasteiger partial charge in [-0.1, -0.05) is 16.8 Å². The second-order valence-corrected chi connectivity index (χ2v) is 7.70. The molecule has 4 aromatic rings. The Hall–Kier alpha value is -3.46. The predicted octanol–water partition coefficient (Wildman–Crippen LogP) is 4.10. The van der Waals surface area contributed by atoms with Crippen LogP contribution in [0.1, 0.15) is 31.2 Å². The van der Waals surface area contributed by atoms with Gasteiger partial charge in [-0.2, -0.15) is 5.10 Å². The highest BCUT2D eigenvalue weighted by Gasteiger charge is 2.24. The van der Waals surface area contributed by atoms with E-state index in [2.05, 4.69) is 20.4 Å². The summed E-state index contributed by atoms with van der Waals surface area (Å²) in [6.07, 6.45) is 1.15. The van der Waals surface area contributed by atoms with Crippen molar-refractivity contribution >= 4 is 17.4 Å². The number of nitrogens with two attached hydrogens (primary N) is 1. The van der Waals surface area contributed by atoms with Gasteiger partial charge < -0.3 is 10.5 Å². The molecule has 10 heteroatoms. The van der Waals surface area contributed by atoms with Crippen molar-refractivity contribution in [3.63, 3.8) is 0 Å². The summed E-state index contributed by atoms with van der Waals surface area (Å²) in [5, 5.41) is 13.4. The summed E-state index contributed by atoms with van der Waals surface area (Å²) in [6.45, 7) is 4.76. The molecule has 0 fully saturated rings. The standard InChI is InChI=1S/C21H19ClFN7O/c1-3-29-20-12-6-18(21(24)25-9-12)31-11(2)15-7-13(23)4-5-14(15)17-8-19(22)27-30(17)10-16(20)26-28-29/h4-9,11H,3,10H2,1-2H3,(H2,24,25). The van der Waals surface area contributed by atoms with E-state index >= 15 is 0 Å². The molecule has 0 aliphatic carbocycles. The molecular formula is C21H19ClFN7O. The third kappa shape index (κ3) is 3.31. The van der Waals surface area contributed by atoms with Crippen LogP contribution in [0.2, 0.25) is 5.15 Å².